The Balaban J connectivity index is 1.48. The van der Waals surface area contributed by atoms with Crippen molar-refractivity contribution in [1.82, 2.24) is 19.3 Å². The second-order valence-corrected chi connectivity index (χ2v) is 6.18. The van der Waals surface area contributed by atoms with Gasteiger partial charge in [-0.3, -0.25) is 14.3 Å². The van der Waals surface area contributed by atoms with E-state index in [1.54, 1.807) is 12.4 Å². The van der Waals surface area contributed by atoms with Crippen LogP contribution < -0.4 is 4.74 Å². The Bertz CT molecular complexity index is 804. The van der Waals surface area contributed by atoms with E-state index < -0.39 is 0 Å². The standard InChI is InChI=1S/C18H20N4O/c1-13(17-9-14-5-3-4-6-16(14)23-17)21(2)12-15-10-20-18-11-19-7-8-22(15)18/h3-8,10-11,13,17H,9,12H2,1-2H3. The molecule has 0 aliphatic carbocycles. The first-order valence-corrected chi connectivity index (χ1v) is 7.93. The smallest absolute Gasteiger partial charge is 0.155 e. The molecule has 0 fully saturated rings. The van der Waals surface area contributed by atoms with E-state index in [1.807, 2.05) is 18.5 Å². The summed E-state index contributed by atoms with van der Waals surface area (Å²) in [6.45, 7) is 3.05. The quantitative estimate of drug-likeness (QED) is 0.743. The van der Waals surface area contributed by atoms with E-state index in [2.05, 4.69) is 51.4 Å². The van der Waals surface area contributed by atoms with Gasteiger partial charge in [0, 0.05) is 31.4 Å². The van der Waals surface area contributed by atoms with Crippen molar-refractivity contribution in [1.29, 1.82) is 0 Å². The molecule has 0 saturated carbocycles. The van der Waals surface area contributed by atoms with Crippen LogP contribution in [0, 0.1) is 0 Å². The second kappa shape index (κ2) is 5.66. The molecule has 3 aromatic rings. The van der Waals surface area contributed by atoms with Gasteiger partial charge >= 0.3 is 0 Å². The molecule has 118 valence electrons. The van der Waals surface area contributed by atoms with Crippen LogP contribution in [0.4, 0.5) is 0 Å². The van der Waals surface area contributed by atoms with E-state index in [0.717, 1.165) is 30.1 Å². The fraction of sp³-hybridized carbons (Fsp3) is 0.333. The molecule has 1 aromatic carbocycles. The number of benzene rings is 1. The monoisotopic (exact) mass is 308 g/mol. The van der Waals surface area contributed by atoms with Crippen LogP contribution in [0.15, 0.2) is 49.1 Å². The van der Waals surface area contributed by atoms with Crippen molar-refractivity contribution in [3.63, 3.8) is 0 Å². The Kier molecular flexibility index (Phi) is 3.50. The van der Waals surface area contributed by atoms with Crippen molar-refractivity contribution in [2.75, 3.05) is 7.05 Å². The van der Waals surface area contributed by atoms with Crippen molar-refractivity contribution < 1.29 is 4.74 Å². The highest BCUT2D eigenvalue weighted by Crippen LogP contribution is 2.30. The minimum Gasteiger partial charge on any atom is -0.488 e. The topological polar surface area (TPSA) is 42.7 Å². The number of nitrogens with zero attached hydrogens (tertiary/aromatic N) is 4. The molecule has 5 heteroatoms. The number of aromatic nitrogens is 3. The largest absolute Gasteiger partial charge is 0.488 e. The van der Waals surface area contributed by atoms with Gasteiger partial charge < -0.3 is 4.74 Å². The summed E-state index contributed by atoms with van der Waals surface area (Å²) in [5.74, 6) is 1.03. The number of rotatable bonds is 4. The number of imidazole rings is 1. The molecule has 2 unspecified atom stereocenters. The van der Waals surface area contributed by atoms with Gasteiger partial charge in [0.05, 0.1) is 18.1 Å². The van der Waals surface area contributed by atoms with Gasteiger partial charge in [0.25, 0.3) is 0 Å². The summed E-state index contributed by atoms with van der Waals surface area (Å²) in [5.41, 5.74) is 3.35. The molecule has 23 heavy (non-hydrogen) atoms. The Morgan fingerprint density at radius 1 is 1.35 bits per heavy atom. The number of likely N-dealkylation sites (N-methyl/N-ethyl adjacent to an activating group) is 1. The molecule has 0 N–H and O–H groups in total. The Labute approximate surface area is 135 Å². The van der Waals surface area contributed by atoms with E-state index in [0.29, 0.717) is 6.04 Å². The van der Waals surface area contributed by atoms with Gasteiger partial charge in [0.2, 0.25) is 0 Å². The Morgan fingerprint density at radius 3 is 3.09 bits per heavy atom. The van der Waals surface area contributed by atoms with E-state index >= 15 is 0 Å². The number of hydrogen-bond acceptors (Lipinski definition) is 4. The van der Waals surface area contributed by atoms with E-state index in [-0.39, 0.29) is 6.10 Å². The van der Waals surface area contributed by atoms with Crippen molar-refractivity contribution in [3.05, 3.63) is 60.3 Å². The highest BCUT2D eigenvalue weighted by molar-refractivity contribution is 5.38. The van der Waals surface area contributed by atoms with E-state index in [4.69, 9.17) is 4.74 Å². The first-order valence-electron chi connectivity index (χ1n) is 7.93. The predicted octanol–water partition coefficient (Wildman–Crippen LogP) is 2.55. The molecule has 2 atom stereocenters. The van der Waals surface area contributed by atoms with Crippen LogP contribution in [0.5, 0.6) is 5.75 Å². The third-order valence-electron chi connectivity index (χ3n) is 4.71. The van der Waals surface area contributed by atoms with Crippen LogP contribution in [0.2, 0.25) is 0 Å². The lowest BCUT2D eigenvalue weighted by Gasteiger charge is -2.28. The molecular weight excluding hydrogens is 288 g/mol. The summed E-state index contributed by atoms with van der Waals surface area (Å²) in [6.07, 6.45) is 8.61. The van der Waals surface area contributed by atoms with E-state index in [9.17, 15) is 0 Å². The van der Waals surface area contributed by atoms with Crippen molar-refractivity contribution in [2.45, 2.75) is 32.0 Å². The van der Waals surface area contributed by atoms with Gasteiger partial charge in [0.1, 0.15) is 11.9 Å². The molecule has 1 aliphatic rings. The molecule has 5 nitrogen and oxygen atoms in total. The summed E-state index contributed by atoms with van der Waals surface area (Å²) in [5, 5.41) is 0. The Hall–Kier alpha value is -2.40. The lowest BCUT2D eigenvalue weighted by atomic mass is 10.0. The van der Waals surface area contributed by atoms with E-state index in [1.165, 1.54) is 5.56 Å². The van der Waals surface area contributed by atoms with Crippen LogP contribution in [-0.2, 0) is 13.0 Å². The SMILES string of the molecule is CC(C1Cc2ccccc2O1)N(C)Cc1cnc2cnccn12. The zero-order valence-corrected chi connectivity index (χ0v) is 13.4. The molecule has 3 heterocycles. The zero-order chi connectivity index (χ0) is 15.8. The maximum absolute atomic E-state index is 6.12. The molecule has 1 aliphatic heterocycles. The molecule has 4 rings (SSSR count). The van der Waals surface area contributed by atoms with Crippen LogP contribution in [-0.4, -0.2) is 38.5 Å². The first kappa shape index (κ1) is 14.2. The van der Waals surface area contributed by atoms with Crippen LogP contribution in [0.1, 0.15) is 18.2 Å². The third-order valence-corrected chi connectivity index (χ3v) is 4.71. The highest BCUT2D eigenvalue weighted by atomic mass is 16.5. The summed E-state index contributed by atoms with van der Waals surface area (Å²) in [7, 11) is 2.14. The predicted molar refractivity (Wildman–Crippen MR) is 88.5 cm³/mol. The van der Waals surface area contributed by atoms with Crippen molar-refractivity contribution in [2.24, 2.45) is 0 Å². The second-order valence-electron chi connectivity index (χ2n) is 6.18. The van der Waals surface area contributed by atoms with Crippen LogP contribution in [0.25, 0.3) is 5.65 Å². The molecule has 0 bridgehead atoms. The third kappa shape index (κ3) is 2.57. The minimum absolute atomic E-state index is 0.193. The lowest BCUT2D eigenvalue weighted by Crippen LogP contribution is -2.41. The maximum Gasteiger partial charge on any atom is 0.155 e. The van der Waals surface area contributed by atoms with Crippen molar-refractivity contribution >= 4 is 5.65 Å². The molecule has 0 spiro atoms. The average molecular weight is 308 g/mol. The maximum atomic E-state index is 6.12. The molecule has 2 aromatic heterocycles. The Morgan fingerprint density at radius 2 is 2.22 bits per heavy atom. The number of fused-ring (bicyclic) bond motifs is 2. The normalized spacial score (nSPS) is 18.1. The minimum atomic E-state index is 0.193. The number of para-hydroxylation sites is 1. The fourth-order valence-electron chi connectivity index (χ4n) is 3.17. The summed E-state index contributed by atoms with van der Waals surface area (Å²) >= 11 is 0. The lowest BCUT2D eigenvalue weighted by molar-refractivity contribution is 0.104. The highest BCUT2D eigenvalue weighted by Gasteiger charge is 2.29. The zero-order valence-electron chi connectivity index (χ0n) is 13.4. The van der Waals surface area contributed by atoms with Gasteiger partial charge in [0.15, 0.2) is 5.65 Å². The summed E-state index contributed by atoms with van der Waals surface area (Å²) < 4.78 is 8.21. The molecule has 0 radical (unpaired) electrons. The number of hydrogen-bond donors (Lipinski definition) is 0. The van der Waals surface area contributed by atoms with Crippen LogP contribution in [0.3, 0.4) is 0 Å². The van der Waals surface area contributed by atoms with Gasteiger partial charge in [-0.25, -0.2) is 4.98 Å². The van der Waals surface area contributed by atoms with Crippen molar-refractivity contribution in [3.8, 4) is 5.75 Å². The summed E-state index contributed by atoms with van der Waals surface area (Å²) in [4.78, 5) is 10.8. The molecule has 0 amide bonds. The molecule has 0 saturated heterocycles. The average Bonchev–Trinajstić information content (AvgIpc) is 3.18. The first-order chi connectivity index (χ1) is 11.2. The van der Waals surface area contributed by atoms with Crippen LogP contribution >= 0.6 is 0 Å². The van der Waals surface area contributed by atoms with Gasteiger partial charge in [-0.05, 0) is 25.6 Å². The van der Waals surface area contributed by atoms with Gasteiger partial charge in [-0.15, -0.1) is 0 Å². The molecular formula is C18H20N4O. The van der Waals surface area contributed by atoms with Gasteiger partial charge in [-0.2, -0.15) is 0 Å². The number of ether oxygens (including phenoxy) is 1. The summed E-state index contributed by atoms with van der Waals surface area (Å²) in [6, 6.07) is 8.63. The van der Waals surface area contributed by atoms with Gasteiger partial charge in [-0.1, -0.05) is 18.2 Å². The fourth-order valence-corrected chi connectivity index (χ4v) is 3.17.